The molecule has 0 unspecified atom stereocenters. The number of halogens is 9. The van der Waals surface area contributed by atoms with Crippen LogP contribution in [0, 0.1) is 25.5 Å². The second kappa shape index (κ2) is 32.9. The molecule has 0 bridgehead atoms. The summed E-state index contributed by atoms with van der Waals surface area (Å²) in [5.74, 6) is -6.53. The highest BCUT2D eigenvalue weighted by Gasteiger charge is 2.47. The van der Waals surface area contributed by atoms with Gasteiger partial charge in [0.05, 0.1) is 109 Å². The van der Waals surface area contributed by atoms with E-state index in [-0.39, 0.29) is 108 Å². The number of amides is 2. The van der Waals surface area contributed by atoms with Crippen molar-refractivity contribution in [3.63, 3.8) is 0 Å². The molecular weight excluding hydrogens is 1400 g/mol. The predicted octanol–water partition coefficient (Wildman–Crippen LogP) is 7.61. The molecule has 2 fully saturated rings. The predicted molar refractivity (Wildman–Crippen MR) is 368 cm³/mol. The number of nitrogens with zero attached hydrogens (tertiary/aromatic N) is 10. The lowest BCUT2D eigenvalue weighted by atomic mass is 9.99. The fourth-order valence-corrected chi connectivity index (χ4v) is 12.4. The number of nitrogens with one attached hydrogen (secondary N) is 2. The number of carbonyl (C=O) groups excluding carboxylic acids is 3. The molecule has 0 radical (unpaired) electrons. The summed E-state index contributed by atoms with van der Waals surface area (Å²) in [4.78, 5) is 125. The van der Waals surface area contributed by atoms with E-state index in [0.717, 1.165) is 31.1 Å². The normalized spacial score (nSPS) is 15.3. The summed E-state index contributed by atoms with van der Waals surface area (Å²) in [6, 6.07) is 12.8. The SMILES string of the molecule is CCO.CCOC(=O)[C@H](Cc1ccc(-n2c(=O)c3ccncc3n(C)c2=O)c2ncccc12)NC(=O)c1c(C)cc(N2CCOC[C@@H]2C(F)(F)F)cc1F.Cc1cc(N2CCOC[C@@H]2C(F)(F)F)cc(F)c1C(=O)N[C@@H](Cc1ccc(-n2c(=O)c3ccncc3n(C)c2=O)c2ncccc12)C(=O)O.[2H]CF. The lowest BCUT2D eigenvalue weighted by Gasteiger charge is -2.38. The van der Waals surface area contributed by atoms with Gasteiger partial charge in [-0.1, -0.05) is 24.3 Å². The van der Waals surface area contributed by atoms with Crippen molar-refractivity contribution in [1.29, 1.82) is 0 Å². The van der Waals surface area contributed by atoms with Crippen molar-refractivity contribution < 1.29 is 84.5 Å². The number of alkyl halides is 7. The van der Waals surface area contributed by atoms with Gasteiger partial charge in [-0.15, -0.1) is 0 Å². The monoisotopic (exact) mass is 1470 g/mol. The summed E-state index contributed by atoms with van der Waals surface area (Å²) >= 11 is 0. The van der Waals surface area contributed by atoms with Gasteiger partial charge in [-0.2, -0.15) is 26.3 Å². The van der Waals surface area contributed by atoms with E-state index in [1.807, 2.05) is 0 Å². The highest BCUT2D eigenvalue weighted by molar-refractivity contribution is 6.00. The van der Waals surface area contributed by atoms with Gasteiger partial charge < -0.3 is 44.9 Å². The molecule has 0 saturated carbocycles. The molecule has 8 heterocycles. The van der Waals surface area contributed by atoms with E-state index >= 15 is 8.78 Å². The van der Waals surface area contributed by atoms with Crippen molar-refractivity contribution in [2.24, 2.45) is 14.1 Å². The number of hydrogen-bond acceptors (Lipinski definition) is 18. The minimum atomic E-state index is -4.65. The molecule has 2 aliphatic heterocycles. The number of aryl methyl sites for hydroxylation is 4. The topological polar surface area (TPSA) is 307 Å². The molecular formula is C71H69F9N12O13. The maximum atomic E-state index is 15.6. The first-order chi connectivity index (χ1) is 50.4. The number of aromatic nitrogens is 8. The third-order valence-corrected chi connectivity index (χ3v) is 17.3. The Morgan fingerprint density at radius 2 is 1.03 bits per heavy atom. The van der Waals surface area contributed by atoms with Crippen LogP contribution < -0.4 is 42.9 Å². The number of aliphatic carboxylic acids is 1. The summed E-state index contributed by atoms with van der Waals surface area (Å²) in [6.07, 6.45) is -1.15. The zero-order chi connectivity index (χ0) is 77.2. The van der Waals surface area contributed by atoms with Crippen LogP contribution in [0.2, 0.25) is 0 Å². The fraction of sp³-hybridized carbons (Fsp3) is 0.324. The Morgan fingerprint density at radius 1 is 0.629 bits per heavy atom. The molecule has 2 aliphatic rings. The third kappa shape index (κ3) is 16.4. The van der Waals surface area contributed by atoms with E-state index in [2.05, 4.69) is 30.6 Å². The Balaban J connectivity index is 0.000000228. The van der Waals surface area contributed by atoms with Crippen molar-refractivity contribution in [1.82, 2.24) is 48.8 Å². The first kappa shape index (κ1) is 76.3. The lowest BCUT2D eigenvalue weighted by molar-refractivity contribution is -0.167. The van der Waals surface area contributed by atoms with Gasteiger partial charge in [0.15, 0.2) is 0 Å². The number of carboxylic acids is 1. The summed E-state index contributed by atoms with van der Waals surface area (Å²) in [5.41, 5.74) is -1.24. The Labute approximate surface area is 591 Å². The van der Waals surface area contributed by atoms with Gasteiger partial charge in [0.25, 0.3) is 22.9 Å². The van der Waals surface area contributed by atoms with Gasteiger partial charge >= 0.3 is 35.7 Å². The summed E-state index contributed by atoms with van der Waals surface area (Å²) in [7, 11) is 2.01. The van der Waals surface area contributed by atoms with Crippen LogP contribution in [-0.2, 0) is 50.7 Å². The van der Waals surface area contributed by atoms with Crippen LogP contribution in [-0.4, -0.2) is 169 Å². The molecule has 4 aromatic carbocycles. The van der Waals surface area contributed by atoms with Crippen molar-refractivity contribution in [2.75, 3.05) is 69.7 Å². The molecule has 25 nitrogen and oxygen atoms in total. The van der Waals surface area contributed by atoms with Gasteiger partial charge in [0.1, 0.15) is 35.8 Å². The Bertz CT molecular complexity index is 5180. The molecule has 2 saturated heterocycles. The maximum Gasteiger partial charge on any atom is 0.411 e. The number of aliphatic hydroxyl groups is 1. The fourth-order valence-electron chi connectivity index (χ4n) is 12.4. The number of hydrogen-bond donors (Lipinski definition) is 4. The highest BCUT2D eigenvalue weighted by atomic mass is 19.4. The summed E-state index contributed by atoms with van der Waals surface area (Å²) < 4.78 is 148. The Kier molecular flexibility index (Phi) is 23.9. The quantitative estimate of drug-likeness (QED) is 0.0567. The van der Waals surface area contributed by atoms with E-state index in [1.165, 1.54) is 117 Å². The average molecular weight is 1470 g/mol. The number of aliphatic hydroxyl groups excluding tert-OH is 1. The molecule has 554 valence electrons. The number of morpholine rings is 2. The molecule has 0 spiro atoms. The van der Waals surface area contributed by atoms with Crippen molar-refractivity contribution in [2.45, 2.75) is 77.1 Å². The van der Waals surface area contributed by atoms with Crippen LogP contribution in [0.5, 0.6) is 0 Å². The van der Waals surface area contributed by atoms with E-state index < -0.39 is 126 Å². The standard InChI is InChI=1S/C35H32F4N6O6.C33H28F4N6O6.C2H6O.CH3F/c1-4-51-33(48)25(42-31(46)29-19(2)14-21(16-24(29)36)44-12-13-50-18-28(44)35(37,38)39)15-20-7-8-26(30-22(20)6-5-10-41-30)45-32(47)23-9-11-40-17-27(23)43(3)34(45)49;1-17-12-19(42-10-11-49-16-26(42)33(35,36)37)14-22(34)27(17)29(44)40-23(31(46)47)13-18-5-6-24(28-20(18)4-3-8-39-28)43-30(45)21-7-9-38-15-25(21)41(2)32(43)48;1-2-3;1-2/h5-11,14,16-17,25,28H,4,12-13,15,18H2,1-3H3,(H,42,46);3-9,12,14-15,23,26H,10-11,13,16H2,1-2H3,(H,40,44)(H,46,47);3H,2H2,1H3;1H3/t25-,28+;23-,26+;;/m00../s1/i;;;1D. The van der Waals surface area contributed by atoms with Gasteiger partial charge in [-0.25, -0.2) is 37.1 Å². The van der Waals surface area contributed by atoms with Crippen molar-refractivity contribution >= 4 is 78.7 Å². The first-order valence-corrected chi connectivity index (χ1v) is 32.2. The highest BCUT2D eigenvalue weighted by Crippen LogP contribution is 2.36. The van der Waals surface area contributed by atoms with Crippen LogP contribution in [0.4, 0.5) is 50.9 Å². The smallest absolute Gasteiger partial charge is 0.411 e. The molecule has 6 aromatic heterocycles. The second-order valence-corrected chi connectivity index (χ2v) is 23.8. The lowest BCUT2D eigenvalue weighted by Crippen LogP contribution is -2.53. The molecule has 34 heteroatoms. The van der Waals surface area contributed by atoms with Gasteiger partial charge in [0, 0.05) is 93.6 Å². The molecule has 2 amide bonds. The summed E-state index contributed by atoms with van der Waals surface area (Å²) in [5, 5.41) is 23.8. The van der Waals surface area contributed by atoms with E-state index in [0.29, 0.717) is 32.9 Å². The van der Waals surface area contributed by atoms with Crippen molar-refractivity contribution in [3.8, 4) is 11.4 Å². The Hall–Kier alpha value is -11.4. The molecule has 4 N–H and O–H groups in total. The number of ether oxygens (including phenoxy) is 3. The zero-order valence-electron chi connectivity index (χ0n) is 57.9. The number of esters is 1. The number of carboxylic acid groups (broad SMARTS) is 1. The van der Waals surface area contributed by atoms with Crippen LogP contribution in [0.15, 0.2) is 141 Å². The molecule has 0 aliphatic carbocycles. The first-order valence-electron chi connectivity index (χ1n) is 32.9. The minimum Gasteiger partial charge on any atom is -0.480 e. The largest absolute Gasteiger partial charge is 0.480 e. The molecule has 10 aromatic rings. The number of rotatable bonds is 15. The third-order valence-electron chi connectivity index (χ3n) is 17.3. The van der Waals surface area contributed by atoms with Gasteiger partial charge in [0.2, 0.25) is 0 Å². The number of pyridine rings is 4. The average Bonchev–Trinajstić information content (AvgIpc) is 0.754. The number of benzene rings is 4. The second-order valence-electron chi connectivity index (χ2n) is 23.8. The summed E-state index contributed by atoms with van der Waals surface area (Å²) in [6.45, 7) is 4.66. The van der Waals surface area contributed by atoms with Gasteiger partial charge in [-0.3, -0.25) is 52.6 Å². The Morgan fingerprint density at radius 3 is 1.41 bits per heavy atom. The molecule has 105 heavy (non-hydrogen) atoms. The van der Waals surface area contributed by atoms with Gasteiger partial charge in [-0.05, 0) is 111 Å². The number of carbonyl (C=O) groups is 4. The van der Waals surface area contributed by atoms with Crippen LogP contribution in [0.1, 0.15) is 58.2 Å². The van der Waals surface area contributed by atoms with E-state index in [4.69, 9.17) is 20.7 Å². The molecule has 4 atom stereocenters. The maximum absolute atomic E-state index is 15.6. The minimum absolute atomic E-state index is 0.00115. The van der Waals surface area contributed by atoms with Crippen LogP contribution in [0.3, 0.4) is 0 Å². The van der Waals surface area contributed by atoms with E-state index in [9.17, 15) is 74.2 Å². The zero-order valence-corrected chi connectivity index (χ0v) is 56.9. The van der Waals surface area contributed by atoms with Crippen LogP contribution >= 0.6 is 0 Å². The number of fused-ring (bicyclic) bond motifs is 4. The van der Waals surface area contributed by atoms with Crippen molar-refractivity contribution in [3.05, 3.63) is 209 Å². The van der Waals surface area contributed by atoms with E-state index in [1.54, 1.807) is 44.2 Å². The molecule has 12 rings (SSSR count). The van der Waals surface area contributed by atoms with Crippen LogP contribution in [0.25, 0.3) is 55.0 Å². The number of anilines is 2.